The van der Waals surface area contributed by atoms with E-state index in [1.165, 1.54) is 16.7 Å². The number of amides is 1. The molecular formula is C12H18N2O. The summed E-state index contributed by atoms with van der Waals surface area (Å²) in [6.45, 7) is 6.86. The molecule has 15 heavy (non-hydrogen) atoms. The molecule has 0 saturated heterocycles. The molecule has 82 valence electrons. The topological polar surface area (TPSA) is 55.1 Å². The molecule has 1 aromatic carbocycles. The van der Waals surface area contributed by atoms with Crippen molar-refractivity contribution >= 4 is 5.91 Å². The number of carbonyl (C=O) groups is 1. The maximum atomic E-state index is 11.0. The lowest BCUT2D eigenvalue weighted by Gasteiger charge is -2.11. The summed E-state index contributed by atoms with van der Waals surface area (Å²) in [4.78, 5) is 11.0. The van der Waals surface area contributed by atoms with Gasteiger partial charge in [-0.1, -0.05) is 12.1 Å². The van der Waals surface area contributed by atoms with E-state index in [0.717, 1.165) is 5.56 Å². The second kappa shape index (κ2) is 4.94. The molecule has 1 amide bonds. The van der Waals surface area contributed by atoms with E-state index in [4.69, 9.17) is 5.73 Å². The van der Waals surface area contributed by atoms with Crippen molar-refractivity contribution in [3.63, 3.8) is 0 Å². The number of nitrogens with one attached hydrogen (secondary N) is 1. The highest BCUT2D eigenvalue weighted by atomic mass is 16.1. The highest BCUT2D eigenvalue weighted by Gasteiger charge is 2.04. The predicted octanol–water partition coefficient (Wildman–Crippen LogP) is 1.19. The average Bonchev–Trinajstić information content (AvgIpc) is 2.24. The molecule has 0 aliphatic rings. The first-order valence-corrected chi connectivity index (χ1v) is 5.08. The van der Waals surface area contributed by atoms with Crippen LogP contribution in [0.3, 0.4) is 0 Å². The van der Waals surface area contributed by atoms with Crippen LogP contribution in [0.2, 0.25) is 0 Å². The molecule has 0 heterocycles. The normalized spacial score (nSPS) is 10.1. The summed E-state index contributed by atoms with van der Waals surface area (Å²) in [6, 6.07) is 4.13. The van der Waals surface area contributed by atoms with E-state index in [2.05, 4.69) is 38.2 Å². The monoisotopic (exact) mass is 206 g/mol. The quantitative estimate of drug-likeness (QED) is 0.780. The summed E-state index contributed by atoms with van der Waals surface area (Å²) in [6.07, 6.45) is 0. The van der Waals surface area contributed by atoms with E-state index >= 15 is 0 Å². The van der Waals surface area contributed by atoms with Crippen LogP contribution in [-0.2, 0) is 11.3 Å². The van der Waals surface area contributed by atoms with Crippen molar-refractivity contribution in [3.05, 3.63) is 34.4 Å². The molecular weight excluding hydrogens is 188 g/mol. The third kappa shape index (κ3) is 2.80. The van der Waals surface area contributed by atoms with Gasteiger partial charge in [0.25, 0.3) is 0 Å². The number of benzene rings is 1. The van der Waals surface area contributed by atoms with Gasteiger partial charge < -0.3 is 11.1 Å². The minimum atomic E-state index is -0.118. The lowest BCUT2D eigenvalue weighted by molar-refractivity contribution is -0.119. The summed E-state index contributed by atoms with van der Waals surface area (Å²) in [5, 5.41) is 2.77. The Morgan fingerprint density at radius 3 is 2.53 bits per heavy atom. The van der Waals surface area contributed by atoms with Gasteiger partial charge in [0.2, 0.25) is 5.91 Å². The summed E-state index contributed by atoms with van der Waals surface area (Å²) >= 11 is 0. The summed E-state index contributed by atoms with van der Waals surface area (Å²) in [5.74, 6) is -0.118. The maximum Gasteiger partial charge on any atom is 0.234 e. The lowest BCUT2D eigenvalue weighted by Crippen LogP contribution is -2.30. The molecule has 0 saturated carbocycles. The molecule has 3 nitrogen and oxygen atoms in total. The Morgan fingerprint density at radius 1 is 1.27 bits per heavy atom. The first-order chi connectivity index (χ1) is 7.06. The molecule has 0 atom stereocenters. The molecule has 0 spiro atoms. The lowest BCUT2D eigenvalue weighted by atomic mass is 9.99. The Balaban J connectivity index is 2.78. The van der Waals surface area contributed by atoms with Crippen LogP contribution in [0.4, 0.5) is 0 Å². The van der Waals surface area contributed by atoms with Crippen molar-refractivity contribution in [1.82, 2.24) is 5.32 Å². The van der Waals surface area contributed by atoms with Crippen LogP contribution in [0.25, 0.3) is 0 Å². The summed E-state index contributed by atoms with van der Waals surface area (Å²) in [5.41, 5.74) is 10.2. The van der Waals surface area contributed by atoms with Crippen LogP contribution in [0, 0.1) is 20.8 Å². The van der Waals surface area contributed by atoms with Crippen LogP contribution in [0.1, 0.15) is 22.3 Å². The van der Waals surface area contributed by atoms with E-state index in [9.17, 15) is 4.79 Å². The van der Waals surface area contributed by atoms with Crippen LogP contribution < -0.4 is 11.1 Å². The Hall–Kier alpha value is -1.35. The van der Waals surface area contributed by atoms with Crippen molar-refractivity contribution in [3.8, 4) is 0 Å². The third-order valence-electron chi connectivity index (χ3n) is 2.83. The van der Waals surface area contributed by atoms with E-state index < -0.39 is 0 Å². The standard InChI is InChI=1S/C12H18N2O/c1-8-4-5-11(10(3)9(8)2)7-14-12(15)6-13/h4-5H,6-7,13H2,1-3H3,(H,14,15). The minimum Gasteiger partial charge on any atom is -0.351 e. The Morgan fingerprint density at radius 2 is 1.93 bits per heavy atom. The summed E-state index contributed by atoms with van der Waals surface area (Å²) in [7, 11) is 0. The fourth-order valence-corrected chi connectivity index (χ4v) is 1.47. The highest BCUT2D eigenvalue weighted by molar-refractivity contribution is 5.77. The molecule has 1 aromatic rings. The van der Waals surface area contributed by atoms with Crippen LogP contribution >= 0.6 is 0 Å². The number of hydrogen-bond donors (Lipinski definition) is 2. The van der Waals surface area contributed by atoms with Gasteiger partial charge in [0.05, 0.1) is 6.54 Å². The first kappa shape index (κ1) is 11.7. The largest absolute Gasteiger partial charge is 0.351 e. The van der Waals surface area contributed by atoms with Crippen molar-refractivity contribution < 1.29 is 4.79 Å². The van der Waals surface area contributed by atoms with Gasteiger partial charge in [-0.3, -0.25) is 4.79 Å². The molecule has 3 N–H and O–H groups in total. The van der Waals surface area contributed by atoms with Crippen LogP contribution in [0.15, 0.2) is 12.1 Å². The van der Waals surface area contributed by atoms with Gasteiger partial charge in [-0.2, -0.15) is 0 Å². The number of hydrogen-bond acceptors (Lipinski definition) is 2. The molecule has 1 rings (SSSR count). The maximum absolute atomic E-state index is 11.0. The first-order valence-electron chi connectivity index (χ1n) is 5.08. The molecule has 0 aromatic heterocycles. The molecule has 0 aliphatic heterocycles. The SMILES string of the molecule is Cc1ccc(CNC(=O)CN)c(C)c1C. The van der Waals surface area contributed by atoms with E-state index in [-0.39, 0.29) is 12.5 Å². The van der Waals surface area contributed by atoms with Gasteiger partial charge in [0.1, 0.15) is 0 Å². The molecule has 0 radical (unpaired) electrons. The fourth-order valence-electron chi connectivity index (χ4n) is 1.47. The van der Waals surface area contributed by atoms with Crippen molar-refractivity contribution in [1.29, 1.82) is 0 Å². The highest BCUT2D eigenvalue weighted by Crippen LogP contribution is 2.16. The molecule has 0 unspecified atom stereocenters. The minimum absolute atomic E-state index is 0.0455. The fraction of sp³-hybridized carbons (Fsp3) is 0.417. The Bertz CT molecular complexity index is 372. The smallest absolute Gasteiger partial charge is 0.234 e. The number of carbonyl (C=O) groups excluding carboxylic acids is 1. The van der Waals surface area contributed by atoms with Gasteiger partial charge in [0, 0.05) is 6.54 Å². The predicted molar refractivity (Wildman–Crippen MR) is 61.6 cm³/mol. The average molecular weight is 206 g/mol. The zero-order valence-electron chi connectivity index (χ0n) is 9.55. The van der Waals surface area contributed by atoms with E-state index in [1.807, 2.05) is 0 Å². The molecule has 0 fully saturated rings. The van der Waals surface area contributed by atoms with Gasteiger partial charge in [-0.25, -0.2) is 0 Å². The van der Waals surface area contributed by atoms with Gasteiger partial charge in [-0.05, 0) is 43.0 Å². The van der Waals surface area contributed by atoms with Gasteiger partial charge in [0.15, 0.2) is 0 Å². The molecule has 0 bridgehead atoms. The third-order valence-corrected chi connectivity index (χ3v) is 2.83. The Labute approximate surface area is 90.7 Å². The molecule has 3 heteroatoms. The van der Waals surface area contributed by atoms with Crippen molar-refractivity contribution in [2.24, 2.45) is 5.73 Å². The van der Waals surface area contributed by atoms with Crippen LogP contribution in [-0.4, -0.2) is 12.5 Å². The zero-order chi connectivity index (χ0) is 11.4. The van der Waals surface area contributed by atoms with E-state index in [0.29, 0.717) is 6.54 Å². The van der Waals surface area contributed by atoms with Gasteiger partial charge >= 0.3 is 0 Å². The number of nitrogens with two attached hydrogens (primary N) is 1. The second-order valence-corrected chi connectivity index (χ2v) is 3.77. The molecule has 0 aliphatic carbocycles. The van der Waals surface area contributed by atoms with E-state index in [1.54, 1.807) is 0 Å². The second-order valence-electron chi connectivity index (χ2n) is 3.77. The number of rotatable bonds is 3. The number of aryl methyl sites for hydroxylation is 1. The van der Waals surface area contributed by atoms with Crippen molar-refractivity contribution in [2.45, 2.75) is 27.3 Å². The summed E-state index contributed by atoms with van der Waals surface area (Å²) < 4.78 is 0. The Kier molecular flexibility index (Phi) is 3.86. The van der Waals surface area contributed by atoms with Gasteiger partial charge in [-0.15, -0.1) is 0 Å². The van der Waals surface area contributed by atoms with Crippen molar-refractivity contribution in [2.75, 3.05) is 6.54 Å². The zero-order valence-corrected chi connectivity index (χ0v) is 9.55. The van der Waals surface area contributed by atoms with Crippen LogP contribution in [0.5, 0.6) is 0 Å².